The molecule has 3 atom stereocenters. The molecule has 9 nitrogen and oxygen atoms in total. The summed E-state index contributed by atoms with van der Waals surface area (Å²) >= 11 is 1.45. The van der Waals surface area contributed by atoms with Crippen LogP contribution in [0.3, 0.4) is 0 Å². The van der Waals surface area contributed by atoms with Gasteiger partial charge in [-0.2, -0.15) is 0 Å². The molecule has 0 aliphatic carbocycles. The zero-order valence-electron chi connectivity index (χ0n) is 19.5. The largest absolute Gasteiger partial charge is 0.493 e. The second-order valence-corrected chi connectivity index (χ2v) is 9.18. The molecular weight excluding hydrogens is 458 g/mol. The minimum absolute atomic E-state index is 0.150. The average molecular weight is 488 g/mol. The van der Waals surface area contributed by atoms with Crippen LogP contribution < -0.4 is 14.8 Å². The number of nitrogens with one attached hydrogen (secondary N) is 1. The second-order valence-electron chi connectivity index (χ2n) is 8.20. The number of carbonyl (C=O) groups excluding carboxylic acids is 3. The minimum Gasteiger partial charge on any atom is -0.493 e. The number of benzene rings is 1. The van der Waals surface area contributed by atoms with Crippen molar-refractivity contribution in [2.24, 2.45) is 5.92 Å². The Balaban J connectivity index is 1.77. The van der Waals surface area contributed by atoms with Crippen LogP contribution in [-0.2, 0) is 14.3 Å². The maximum absolute atomic E-state index is 14.0. The lowest BCUT2D eigenvalue weighted by molar-refractivity contribution is -0.146. The number of hydrogen-bond acceptors (Lipinski definition) is 8. The topological polar surface area (TPSA) is 97.4 Å². The third-order valence-electron chi connectivity index (χ3n) is 6.41. The molecule has 10 heteroatoms. The molecule has 2 aliphatic rings. The van der Waals surface area contributed by atoms with E-state index in [0.29, 0.717) is 43.2 Å². The van der Waals surface area contributed by atoms with Crippen LogP contribution in [0.1, 0.15) is 27.7 Å². The van der Waals surface area contributed by atoms with Crippen molar-refractivity contribution >= 4 is 29.1 Å². The first-order valence-electron chi connectivity index (χ1n) is 11.2. The van der Waals surface area contributed by atoms with E-state index in [9.17, 15) is 14.4 Å². The number of hydrogen-bond donors (Lipinski definition) is 1. The zero-order valence-corrected chi connectivity index (χ0v) is 20.3. The Labute approximate surface area is 202 Å². The molecule has 2 amide bonds. The third kappa shape index (κ3) is 4.47. The second kappa shape index (κ2) is 10.4. The van der Waals surface area contributed by atoms with E-state index in [2.05, 4.69) is 5.32 Å². The van der Waals surface area contributed by atoms with Crippen LogP contribution >= 0.6 is 11.3 Å². The fourth-order valence-corrected chi connectivity index (χ4v) is 5.63. The van der Waals surface area contributed by atoms with Crippen molar-refractivity contribution in [3.05, 3.63) is 46.2 Å². The molecule has 2 aliphatic heterocycles. The average Bonchev–Trinajstić information content (AvgIpc) is 3.55. The van der Waals surface area contributed by atoms with E-state index in [0.717, 1.165) is 4.88 Å². The molecule has 2 fully saturated rings. The molecule has 34 heavy (non-hydrogen) atoms. The smallest absolute Gasteiger partial charge is 0.311 e. The number of piperazine rings is 1. The predicted octanol–water partition coefficient (Wildman–Crippen LogP) is 1.94. The van der Waals surface area contributed by atoms with Gasteiger partial charge in [0.15, 0.2) is 11.5 Å². The van der Waals surface area contributed by atoms with Crippen LogP contribution in [0.4, 0.5) is 0 Å². The highest BCUT2D eigenvalue weighted by molar-refractivity contribution is 7.10. The Morgan fingerprint density at radius 2 is 1.76 bits per heavy atom. The molecule has 0 spiro atoms. The Morgan fingerprint density at radius 1 is 1.03 bits per heavy atom. The lowest BCUT2D eigenvalue weighted by atomic mass is 9.97. The molecule has 0 bridgehead atoms. The summed E-state index contributed by atoms with van der Waals surface area (Å²) in [5, 5.41) is 5.14. The first-order chi connectivity index (χ1) is 16.5. The van der Waals surface area contributed by atoms with Gasteiger partial charge in [0.05, 0.1) is 33.3 Å². The highest BCUT2D eigenvalue weighted by Crippen LogP contribution is 2.45. The predicted molar refractivity (Wildman–Crippen MR) is 126 cm³/mol. The summed E-state index contributed by atoms with van der Waals surface area (Å²) in [4.78, 5) is 44.6. The van der Waals surface area contributed by atoms with E-state index in [-0.39, 0.29) is 18.2 Å². The summed E-state index contributed by atoms with van der Waals surface area (Å²) in [7, 11) is 4.36. The molecule has 2 saturated heterocycles. The van der Waals surface area contributed by atoms with Gasteiger partial charge in [-0.3, -0.25) is 14.4 Å². The molecule has 0 saturated carbocycles. The van der Waals surface area contributed by atoms with Crippen molar-refractivity contribution in [1.82, 2.24) is 15.1 Å². The number of esters is 1. The Morgan fingerprint density at radius 3 is 2.38 bits per heavy atom. The van der Waals surface area contributed by atoms with E-state index in [4.69, 9.17) is 14.2 Å². The van der Waals surface area contributed by atoms with E-state index in [1.165, 1.54) is 32.7 Å². The Bertz CT molecular complexity index is 1040. The summed E-state index contributed by atoms with van der Waals surface area (Å²) in [6.45, 7) is 2.49. The van der Waals surface area contributed by atoms with Crippen LogP contribution in [0.25, 0.3) is 0 Å². The first kappa shape index (κ1) is 24.0. The van der Waals surface area contributed by atoms with Crippen LogP contribution in [0.15, 0.2) is 35.7 Å². The molecule has 3 heterocycles. The number of thiophene rings is 1. The van der Waals surface area contributed by atoms with Crippen molar-refractivity contribution < 1.29 is 28.6 Å². The van der Waals surface area contributed by atoms with Gasteiger partial charge in [0, 0.05) is 36.6 Å². The van der Waals surface area contributed by atoms with Crippen LogP contribution in [0.2, 0.25) is 0 Å². The van der Waals surface area contributed by atoms with Crippen molar-refractivity contribution in [2.75, 3.05) is 47.5 Å². The fourth-order valence-electron chi connectivity index (χ4n) is 4.74. The van der Waals surface area contributed by atoms with Crippen molar-refractivity contribution in [3.8, 4) is 11.5 Å². The lowest BCUT2D eigenvalue weighted by Gasteiger charge is -2.35. The molecule has 182 valence electrons. The molecule has 4 rings (SSSR count). The Hall–Kier alpha value is -3.11. The molecule has 0 radical (unpaired) electrons. The van der Waals surface area contributed by atoms with Gasteiger partial charge in [0.2, 0.25) is 5.91 Å². The lowest BCUT2D eigenvalue weighted by Crippen LogP contribution is -2.53. The Kier molecular flexibility index (Phi) is 7.38. The SMILES string of the molecule is COC(=O)C1CC(C(=O)N2CCNCC2)N(C(=O)c2ccc(OC)c(OC)c2)C1c1cccs1. The standard InChI is InChI=1S/C24H29N3O6S/c1-31-18-7-6-15(13-19(18)32-2)22(28)27-17(23(29)26-10-8-25-9-11-26)14-16(24(30)33-3)21(27)20-5-4-12-34-20/h4-7,12-13,16-17,21,25H,8-11,14H2,1-3H3. The van der Waals surface area contributed by atoms with Gasteiger partial charge in [-0.15, -0.1) is 11.3 Å². The van der Waals surface area contributed by atoms with Crippen molar-refractivity contribution in [3.63, 3.8) is 0 Å². The van der Waals surface area contributed by atoms with Crippen LogP contribution in [0, 0.1) is 5.92 Å². The number of likely N-dealkylation sites (tertiary alicyclic amines) is 1. The van der Waals surface area contributed by atoms with Crippen LogP contribution in [0.5, 0.6) is 11.5 Å². The molecule has 1 aromatic heterocycles. The molecule has 2 aromatic rings. The van der Waals surface area contributed by atoms with Gasteiger partial charge < -0.3 is 29.3 Å². The van der Waals surface area contributed by atoms with Gasteiger partial charge in [-0.25, -0.2) is 0 Å². The number of amides is 2. The van der Waals surface area contributed by atoms with E-state index in [1.54, 1.807) is 28.0 Å². The number of carbonyl (C=O) groups is 3. The number of rotatable bonds is 6. The molecule has 3 unspecified atom stereocenters. The van der Waals surface area contributed by atoms with Gasteiger partial charge in [0.1, 0.15) is 6.04 Å². The highest BCUT2D eigenvalue weighted by Gasteiger charge is 2.52. The summed E-state index contributed by atoms with van der Waals surface area (Å²) in [6.07, 6.45) is 0.205. The van der Waals surface area contributed by atoms with Crippen molar-refractivity contribution in [1.29, 1.82) is 0 Å². The summed E-state index contributed by atoms with van der Waals surface area (Å²) in [5.74, 6) is -0.669. The third-order valence-corrected chi connectivity index (χ3v) is 7.35. The van der Waals surface area contributed by atoms with Gasteiger partial charge >= 0.3 is 5.97 Å². The van der Waals surface area contributed by atoms with E-state index in [1.807, 2.05) is 17.5 Å². The maximum Gasteiger partial charge on any atom is 0.311 e. The maximum atomic E-state index is 14.0. The van der Waals surface area contributed by atoms with E-state index >= 15 is 0 Å². The quantitative estimate of drug-likeness (QED) is 0.622. The normalized spacial score (nSPS) is 22.4. The molecular formula is C24H29N3O6S. The van der Waals surface area contributed by atoms with Gasteiger partial charge in [-0.1, -0.05) is 6.07 Å². The van der Waals surface area contributed by atoms with Gasteiger partial charge in [0.25, 0.3) is 5.91 Å². The van der Waals surface area contributed by atoms with Gasteiger partial charge in [-0.05, 0) is 36.1 Å². The first-order valence-corrected chi connectivity index (χ1v) is 12.0. The minimum atomic E-state index is -0.783. The number of nitrogens with zero attached hydrogens (tertiary/aromatic N) is 2. The molecule has 1 N–H and O–H groups in total. The highest BCUT2D eigenvalue weighted by atomic mass is 32.1. The monoisotopic (exact) mass is 487 g/mol. The van der Waals surface area contributed by atoms with E-state index < -0.39 is 24.0 Å². The molecule has 1 aromatic carbocycles. The summed E-state index contributed by atoms with van der Waals surface area (Å²) in [6, 6.07) is 7.28. The number of ether oxygens (including phenoxy) is 3. The number of methoxy groups -OCH3 is 3. The summed E-state index contributed by atoms with van der Waals surface area (Å²) in [5.41, 5.74) is 0.350. The fraction of sp³-hybridized carbons (Fsp3) is 0.458. The van der Waals surface area contributed by atoms with Crippen LogP contribution in [-0.4, -0.2) is 81.1 Å². The summed E-state index contributed by atoms with van der Waals surface area (Å²) < 4.78 is 15.8. The zero-order chi connectivity index (χ0) is 24.2. The van der Waals surface area contributed by atoms with Crippen molar-refractivity contribution in [2.45, 2.75) is 18.5 Å².